The number of hydrogen-bond donors (Lipinski definition) is 1. The smallest absolute Gasteiger partial charge is 0.312 e. The molecule has 0 radical (unpaired) electrons. The Kier molecular flexibility index (Phi) is 7.60. The molecular weight excluding hydrogens is 578 g/mol. The molecule has 0 bridgehead atoms. The molecule has 2 aromatic carbocycles. The maximum atomic E-state index is 14.7. The van der Waals surface area contributed by atoms with Crippen molar-refractivity contribution in [1.29, 1.82) is 0 Å². The monoisotopic (exact) mass is 635 g/mol. The van der Waals surface area contributed by atoms with Crippen LogP contribution in [0.4, 0.5) is 0 Å². The lowest BCUT2D eigenvalue weighted by Gasteiger charge is -2.70. The Bertz CT molecular complexity index is 1540. The second-order valence-electron chi connectivity index (χ2n) is 18.3. The molecule has 4 fully saturated rings. The molecule has 2 N–H and O–H groups in total. The molecule has 0 unspecified atom stereocenters. The molecule has 0 saturated heterocycles. The molecule has 0 aliphatic heterocycles. The molecule has 4 saturated carbocycles. The van der Waals surface area contributed by atoms with Crippen molar-refractivity contribution >= 4 is 11.8 Å². The average Bonchev–Trinajstić information content (AvgIpc) is 3.04. The molecule has 0 aromatic heterocycles. The number of rotatable bonds is 4. The number of carbonyl (C=O) groups excluding carboxylic acids is 2. The zero-order chi connectivity index (χ0) is 33.6. The molecule has 0 amide bonds. The molecule has 7 rings (SSSR count). The normalized spacial score (nSPS) is 42.3. The van der Waals surface area contributed by atoms with Crippen LogP contribution in [0.15, 0.2) is 72.3 Å². The first-order chi connectivity index (χ1) is 22.1. The highest BCUT2D eigenvalue weighted by Gasteiger charge is 2.70. The summed E-state index contributed by atoms with van der Waals surface area (Å²) in [6.45, 7) is 16.7. The molecule has 47 heavy (non-hydrogen) atoms. The van der Waals surface area contributed by atoms with E-state index in [2.05, 4.69) is 54.5 Å². The molecule has 0 heterocycles. The Morgan fingerprint density at radius 1 is 0.787 bits per heavy atom. The minimum atomic E-state index is -0.626. The van der Waals surface area contributed by atoms with E-state index in [4.69, 9.17) is 10.5 Å². The molecule has 0 spiro atoms. The van der Waals surface area contributed by atoms with Gasteiger partial charge in [-0.3, -0.25) is 9.59 Å². The lowest BCUT2D eigenvalue weighted by Crippen LogP contribution is -2.67. The zero-order valence-corrected chi connectivity index (χ0v) is 29.9. The van der Waals surface area contributed by atoms with Gasteiger partial charge in [0.2, 0.25) is 0 Å². The first-order valence-electron chi connectivity index (χ1n) is 18.4. The maximum Gasteiger partial charge on any atom is 0.312 e. The number of carbonyl (C=O) groups is 2. The topological polar surface area (TPSA) is 69.4 Å². The predicted octanol–water partition coefficient (Wildman–Crippen LogP) is 9.63. The van der Waals surface area contributed by atoms with Gasteiger partial charge in [-0.2, -0.15) is 0 Å². The van der Waals surface area contributed by atoms with Gasteiger partial charge in [0.05, 0.1) is 5.41 Å². The summed E-state index contributed by atoms with van der Waals surface area (Å²) < 4.78 is 6.53. The summed E-state index contributed by atoms with van der Waals surface area (Å²) in [5.41, 5.74) is 9.28. The number of hydrogen-bond acceptors (Lipinski definition) is 4. The number of nitrogens with two attached hydrogens (primary N) is 1. The molecule has 2 aromatic rings. The van der Waals surface area contributed by atoms with Gasteiger partial charge >= 0.3 is 5.97 Å². The SMILES string of the molecule is CC1(C)[C@@H](N)CC[C@]2(C)[C@H]3C(=O)C=C4[C@@H]5C[C@@](C)(C(=O)OC(c6ccccc6)c6ccccc6)CC[C@]5(C)CC[C@@]4(C)[C@]3(C)CC[C@@H]12. The predicted molar refractivity (Wildman–Crippen MR) is 188 cm³/mol. The van der Waals surface area contributed by atoms with E-state index in [0.717, 1.165) is 68.9 Å². The van der Waals surface area contributed by atoms with Crippen molar-refractivity contribution in [2.24, 2.45) is 56.0 Å². The van der Waals surface area contributed by atoms with Crippen LogP contribution in [0.1, 0.15) is 123 Å². The van der Waals surface area contributed by atoms with Gasteiger partial charge in [-0.05, 0) is 121 Å². The fourth-order valence-corrected chi connectivity index (χ4v) is 12.2. The molecule has 4 nitrogen and oxygen atoms in total. The van der Waals surface area contributed by atoms with Crippen molar-refractivity contribution in [3.63, 3.8) is 0 Å². The number of fused-ring (bicyclic) bond motifs is 7. The highest BCUT2D eigenvalue weighted by atomic mass is 16.5. The van der Waals surface area contributed by atoms with Crippen molar-refractivity contribution in [3.8, 4) is 0 Å². The van der Waals surface area contributed by atoms with Gasteiger partial charge < -0.3 is 10.5 Å². The van der Waals surface area contributed by atoms with Gasteiger partial charge in [-0.25, -0.2) is 0 Å². The lowest BCUT2D eigenvalue weighted by atomic mass is 9.33. The molecule has 4 heteroatoms. The number of allylic oxidation sites excluding steroid dienone is 2. The second-order valence-corrected chi connectivity index (χ2v) is 18.3. The Hall–Kier alpha value is -2.72. The number of ketones is 1. The average molecular weight is 636 g/mol. The van der Waals surface area contributed by atoms with E-state index >= 15 is 0 Å². The third-order valence-corrected chi connectivity index (χ3v) is 15.6. The Morgan fingerprint density at radius 2 is 1.38 bits per heavy atom. The van der Waals surface area contributed by atoms with Crippen LogP contribution in [-0.4, -0.2) is 17.8 Å². The highest BCUT2D eigenvalue weighted by molar-refractivity contribution is 5.95. The van der Waals surface area contributed by atoms with E-state index in [1.54, 1.807) is 0 Å². The van der Waals surface area contributed by atoms with Gasteiger partial charge in [0.1, 0.15) is 0 Å². The van der Waals surface area contributed by atoms with Crippen LogP contribution in [0, 0.1) is 50.2 Å². The fraction of sp³-hybridized carbons (Fsp3) is 0.628. The van der Waals surface area contributed by atoms with Crippen LogP contribution < -0.4 is 5.73 Å². The molecule has 5 aliphatic rings. The molecular formula is C43H57NO3. The Morgan fingerprint density at radius 3 is 2.00 bits per heavy atom. The Balaban J connectivity index is 1.23. The van der Waals surface area contributed by atoms with Crippen LogP contribution in [0.2, 0.25) is 0 Å². The molecule has 9 atom stereocenters. The van der Waals surface area contributed by atoms with Gasteiger partial charge in [-0.15, -0.1) is 0 Å². The van der Waals surface area contributed by atoms with Gasteiger partial charge in [0.25, 0.3) is 0 Å². The summed E-state index contributed by atoms with van der Waals surface area (Å²) in [5.74, 6) is 0.859. The van der Waals surface area contributed by atoms with Crippen molar-refractivity contribution in [1.82, 2.24) is 0 Å². The summed E-state index contributed by atoms with van der Waals surface area (Å²) >= 11 is 0. The van der Waals surface area contributed by atoms with Gasteiger partial charge in [-0.1, -0.05) is 108 Å². The summed E-state index contributed by atoms with van der Waals surface area (Å²) in [4.78, 5) is 29.1. The van der Waals surface area contributed by atoms with Crippen molar-refractivity contribution in [3.05, 3.63) is 83.4 Å². The van der Waals surface area contributed by atoms with Gasteiger partial charge in [0, 0.05) is 12.0 Å². The lowest BCUT2D eigenvalue weighted by molar-refractivity contribution is -0.188. The minimum absolute atomic E-state index is 0.0103. The summed E-state index contributed by atoms with van der Waals surface area (Å²) in [5, 5.41) is 0. The third-order valence-electron chi connectivity index (χ3n) is 15.6. The first-order valence-corrected chi connectivity index (χ1v) is 18.4. The zero-order valence-electron chi connectivity index (χ0n) is 29.9. The van der Waals surface area contributed by atoms with Crippen molar-refractivity contribution < 1.29 is 14.3 Å². The van der Waals surface area contributed by atoms with Crippen molar-refractivity contribution in [2.45, 2.75) is 118 Å². The summed E-state index contributed by atoms with van der Waals surface area (Å²) in [6.07, 6.45) is 10.6. The fourth-order valence-electron chi connectivity index (χ4n) is 12.2. The van der Waals surface area contributed by atoms with E-state index in [-0.39, 0.29) is 50.9 Å². The third kappa shape index (κ3) is 4.70. The second kappa shape index (κ2) is 10.9. The highest BCUT2D eigenvalue weighted by Crippen LogP contribution is 2.75. The number of esters is 1. The standard InChI is InChI=1S/C43H57NO3/c1-38(2)33-18-21-43(7)36(41(33,5)20-19-34(38)44)32(45)26-30-31-27-40(4,23-22-39(31,3)24-25-42(30,43)6)37(46)47-35(28-14-10-8-11-15-28)29-16-12-9-13-17-29/h8-17,26,31,33-36H,18-25,27,44H2,1-7H3/t31-,33-,34-,36+,39+,40-,41-,42+,43+/m0/s1. The van der Waals surface area contributed by atoms with E-state index in [0.29, 0.717) is 11.7 Å². The summed E-state index contributed by atoms with van der Waals surface area (Å²) in [6, 6.07) is 20.4. The van der Waals surface area contributed by atoms with E-state index in [1.807, 2.05) is 60.7 Å². The molecule has 5 aliphatic carbocycles. The quantitative estimate of drug-likeness (QED) is 0.340. The van der Waals surface area contributed by atoms with Crippen LogP contribution in [-0.2, 0) is 14.3 Å². The first kappa shape index (κ1) is 32.8. The van der Waals surface area contributed by atoms with Crippen LogP contribution in [0.5, 0.6) is 0 Å². The number of benzene rings is 2. The Labute approximate surface area is 283 Å². The largest absolute Gasteiger partial charge is 0.452 e. The van der Waals surface area contributed by atoms with E-state index < -0.39 is 11.5 Å². The minimum Gasteiger partial charge on any atom is -0.452 e. The van der Waals surface area contributed by atoms with Gasteiger partial charge in [0.15, 0.2) is 11.9 Å². The van der Waals surface area contributed by atoms with Crippen molar-refractivity contribution in [2.75, 3.05) is 0 Å². The van der Waals surface area contributed by atoms with E-state index in [1.165, 1.54) is 5.57 Å². The van der Waals surface area contributed by atoms with Crippen LogP contribution in [0.3, 0.4) is 0 Å². The summed E-state index contributed by atoms with van der Waals surface area (Å²) in [7, 11) is 0. The maximum absolute atomic E-state index is 14.7. The molecule has 252 valence electrons. The number of ether oxygens (including phenoxy) is 1. The van der Waals surface area contributed by atoms with Crippen LogP contribution >= 0.6 is 0 Å². The van der Waals surface area contributed by atoms with Crippen LogP contribution in [0.25, 0.3) is 0 Å². The van der Waals surface area contributed by atoms with E-state index in [9.17, 15) is 9.59 Å².